The van der Waals surface area contributed by atoms with E-state index in [2.05, 4.69) is 21.0 Å². The van der Waals surface area contributed by atoms with E-state index in [1.54, 1.807) is 38.4 Å². The Balaban J connectivity index is 2.14. The minimum Gasteiger partial charge on any atom is -0.493 e. The van der Waals surface area contributed by atoms with Crippen molar-refractivity contribution in [2.45, 2.75) is 20.3 Å². The molecule has 8 nitrogen and oxygen atoms in total. The molecule has 0 aliphatic carbocycles. The molecule has 0 saturated heterocycles. The van der Waals surface area contributed by atoms with E-state index in [4.69, 9.17) is 19.5 Å². The largest absolute Gasteiger partial charge is 0.493 e. The molecule has 3 aromatic rings. The third kappa shape index (κ3) is 3.59. The molecular weight excluding hydrogens is 372 g/mol. The Morgan fingerprint density at radius 2 is 1.83 bits per heavy atom. The van der Waals surface area contributed by atoms with Crippen molar-refractivity contribution in [2.24, 2.45) is 5.41 Å². The fraction of sp³-hybridized carbons (Fsp3) is 0.333. The summed E-state index contributed by atoms with van der Waals surface area (Å²) in [5.74, 6) is 1.29. The molecule has 0 bridgehead atoms. The van der Waals surface area contributed by atoms with E-state index in [0.29, 0.717) is 45.2 Å². The van der Waals surface area contributed by atoms with Gasteiger partial charge in [-0.2, -0.15) is 5.26 Å². The van der Waals surface area contributed by atoms with E-state index in [-0.39, 0.29) is 12.2 Å². The molecule has 2 heterocycles. The molecular formula is C21H22N4O4. The fourth-order valence-electron chi connectivity index (χ4n) is 3.08. The van der Waals surface area contributed by atoms with Crippen LogP contribution in [-0.2, 0) is 0 Å². The summed E-state index contributed by atoms with van der Waals surface area (Å²) in [5.41, 5.74) is 1.77. The summed E-state index contributed by atoms with van der Waals surface area (Å²) in [4.78, 5) is 25.0. The number of ether oxygens (including phenoxy) is 3. The zero-order valence-electron chi connectivity index (χ0n) is 17.0. The fourth-order valence-corrected chi connectivity index (χ4v) is 3.08. The minimum absolute atomic E-state index is 0.110. The Hall–Kier alpha value is -3.60. The first-order valence-corrected chi connectivity index (χ1v) is 8.92. The van der Waals surface area contributed by atoms with Crippen LogP contribution < -0.4 is 14.2 Å². The van der Waals surface area contributed by atoms with Gasteiger partial charge in [-0.05, 0) is 12.1 Å². The molecule has 0 saturated carbocycles. The Kier molecular flexibility index (Phi) is 5.41. The number of carbonyl (C=O) groups is 1. The van der Waals surface area contributed by atoms with Crippen LogP contribution in [0.1, 0.15) is 30.6 Å². The lowest BCUT2D eigenvalue weighted by Gasteiger charge is -2.18. The number of methoxy groups -OCH3 is 3. The maximum Gasteiger partial charge on any atom is 0.203 e. The number of nitrogens with one attached hydrogen (secondary N) is 1. The van der Waals surface area contributed by atoms with Crippen molar-refractivity contribution in [3.63, 3.8) is 0 Å². The van der Waals surface area contributed by atoms with Crippen LogP contribution in [0.2, 0.25) is 0 Å². The first-order chi connectivity index (χ1) is 13.9. The Morgan fingerprint density at radius 3 is 2.38 bits per heavy atom. The first kappa shape index (κ1) is 20.1. The molecule has 1 aromatic carbocycles. The van der Waals surface area contributed by atoms with Crippen LogP contribution >= 0.6 is 0 Å². The number of nitriles is 1. The van der Waals surface area contributed by atoms with Crippen molar-refractivity contribution < 1.29 is 19.0 Å². The van der Waals surface area contributed by atoms with Gasteiger partial charge in [-0.15, -0.1) is 0 Å². The van der Waals surface area contributed by atoms with Crippen LogP contribution in [0, 0.1) is 16.7 Å². The number of nitrogens with zero attached hydrogens (tertiary/aromatic N) is 3. The monoisotopic (exact) mass is 394 g/mol. The summed E-state index contributed by atoms with van der Waals surface area (Å²) >= 11 is 0. The normalized spacial score (nSPS) is 11.2. The maximum atomic E-state index is 13.0. The molecule has 150 valence electrons. The molecule has 29 heavy (non-hydrogen) atoms. The van der Waals surface area contributed by atoms with Crippen molar-refractivity contribution in [3.8, 4) is 34.6 Å². The maximum absolute atomic E-state index is 13.0. The van der Waals surface area contributed by atoms with Gasteiger partial charge in [-0.25, -0.2) is 9.97 Å². The van der Waals surface area contributed by atoms with Crippen LogP contribution in [0.4, 0.5) is 0 Å². The number of ketones is 1. The quantitative estimate of drug-likeness (QED) is 0.607. The molecule has 0 aliphatic rings. The number of carbonyl (C=O) groups excluding carboxylic acids is 1. The van der Waals surface area contributed by atoms with Gasteiger partial charge in [0.05, 0.1) is 44.9 Å². The highest BCUT2D eigenvalue weighted by atomic mass is 16.5. The second-order valence-corrected chi connectivity index (χ2v) is 7.12. The van der Waals surface area contributed by atoms with Gasteiger partial charge in [0.25, 0.3) is 0 Å². The highest BCUT2D eigenvalue weighted by Crippen LogP contribution is 2.41. The summed E-state index contributed by atoms with van der Waals surface area (Å²) in [5, 5.41) is 9.02. The van der Waals surface area contributed by atoms with E-state index in [1.807, 2.05) is 0 Å². The Labute approximate surface area is 168 Å². The highest BCUT2D eigenvalue weighted by molar-refractivity contribution is 6.08. The molecule has 0 atom stereocenters. The number of rotatable bonds is 7. The number of Topliss-reactive ketones (excluding diaryl/α,β-unsaturated/α-hetero) is 1. The third-order valence-electron chi connectivity index (χ3n) is 4.72. The summed E-state index contributed by atoms with van der Waals surface area (Å²) in [6, 6.07) is 5.60. The molecule has 0 fully saturated rings. The van der Waals surface area contributed by atoms with Crippen molar-refractivity contribution >= 4 is 16.9 Å². The summed E-state index contributed by atoms with van der Waals surface area (Å²) in [6.45, 7) is 3.49. The lowest BCUT2D eigenvalue weighted by atomic mass is 9.82. The van der Waals surface area contributed by atoms with Crippen molar-refractivity contribution in [3.05, 3.63) is 30.1 Å². The van der Waals surface area contributed by atoms with Gasteiger partial charge in [0.2, 0.25) is 5.75 Å². The number of hydrogen-bond acceptors (Lipinski definition) is 7. The second-order valence-electron chi connectivity index (χ2n) is 7.12. The SMILES string of the molecule is COc1cc(-c2cnc3[nH]cc(C(=O)C(C)(C)CC#N)c3n2)cc(OC)c1OC. The van der Waals surface area contributed by atoms with Crippen LogP contribution in [0.3, 0.4) is 0 Å². The summed E-state index contributed by atoms with van der Waals surface area (Å²) in [7, 11) is 4.61. The number of H-pyrrole nitrogens is 1. The van der Waals surface area contributed by atoms with Gasteiger partial charge in [-0.1, -0.05) is 13.8 Å². The molecule has 0 amide bonds. The van der Waals surface area contributed by atoms with Crippen LogP contribution in [-0.4, -0.2) is 42.1 Å². The van der Waals surface area contributed by atoms with Crippen molar-refractivity contribution in [1.82, 2.24) is 15.0 Å². The third-order valence-corrected chi connectivity index (χ3v) is 4.72. The van der Waals surface area contributed by atoms with Gasteiger partial charge in [0, 0.05) is 23.6 Å². The second kappa shape index (κ2) is 7.80. The van der Waals surface area contributed by atoms with Crippen LogP contribution in [0.5, 0.6) is 17.2 Å². The lowest BCUT2D eigenvalue weighted by molar-refractivity contribution is 0.0844. The number of aromatic amines is 1. The van der Waals surface area contributed by atoms with E-state index in [0.717, 1.165) is 0 Å². The molecule has 0 radical (unpaired) electrons. The van der Waals surface area contributed by atoms with Gasteiger partial charge < -0.3 is 19.2 Å². The zero-order valence-corrected chi connectivity index (χ0v) is 17.0. The molecule has 3 rings (SSSR count). The molecule has 0 unspecified atom stereocenters. The number of hydrogen-bond donors (Lipinski definition) is 1. The molecule has 0 aliphatic heterocycles. The van der Waals surface area contributed by atoms with Gasteiger partial charge in [-0.3, -0.25) is 4.79 Å². The van der Waals surface area contributed by atoms with E-state index < -0.39 is 5.41 Å². The first-order valence-electron chi connectivity index (χ1n) is 8.92. The molecule has 8 heteroatoms. The molecule has 1 N–H and O–H groups in total. The standard InChI is InChI=1S/C21H22N4O4/c1-21(2,6-7-22)19(26)13-10-23-20-17(13)25-14(11-24-20)12-8-15(27-3)18(29-5)16(9-12)28-4/h8-11H,6H2,1-5H3,(H,23,24). The predicted octanol–water partition coefficient (Wildman–Crippen LogP) is 3.77. The number of benzene rings is 1. The average molecular weight is 394 g/mol. The number of aromatic nitrogens is 3. The van der Waals surface area contributed by atoms with E-state index >= 15 is 0 Å². The van der Waals surface area contributed by atoms with Gasteiger partial charge in [0.15, 0.2) is 22.9 Å². The van der Waals surface area contributed by atoms with Crippen molar-refractivity contribution in [1.29, 1.82) is 5.26 Å². The average Bonchev–Trinajstić information content (AvgIpc) is 3.14. The smallest absolute Gasteiger partial charge is 0.203 e. The highest BCUT2D eigenvalue weighted by Gasteiger charge is 2.31. The van der Waals surface area contributed by atoms with Crippen LogP contribution in [0.15, 0.2) is 24.5 Å². The van der Waals surface area contributed by atoms with Gasteiger partial charge in [0.1, 0.15) is 5.52 Å². The van der Waals surface area contributed by atoms with Crippen molar-refractivity contribution in [2.75, 3.05) is 21.3 Å². The number of fused-ring (bicyclic) bond motifs is 1. The molecule has 0 spiro atoms. The van der Waals surface area contributed by atoms with Crippen LogP contribution in [0.25, 0.3) is 22.4 Å². The minimum atomic E-state index is -0.825. The topological polar surface area (TPSA) is 110 Å². The lowest BCUT2D eigenvalue weighted by Crippen LogP contribution is -2.23. The van der Waals surface area contributed by atoms with E-state index in [1.165, 1.54) is 21.3 Å². The summed E-state index contributed by atoms with van der Waals surface area (Å²) < 4.78 is 16.2. The predicted molar refractivity (Wildman–Crippen MR) is 107 cm³/mol. The van der Waals surface area contributed by atoms with Gasteiger partial charge >= 0.3 is 0 Å². The summed E-state index contributed by atoms with van der Waals surface area (Å²) in [6.07, 6.45) is 3.30. The molecule has 2 aromatic heterocycles. The Morgan fingerprint density at radius 1 is 1.17 bits per heavy atom. The van der Waals surface area contributed by atoms with E-state index in [9.17, 15) is 4.79 Å². The zero-order chi connectivity index (χ0) is 21.2. The Bertz CT molecular complexity index is 1090.